The van der Waals surface area contributed by atoms with Crippen molar-refractivity contribution in [2.24, 2.45) is 0 Å². The Morgan fingerprint density at radius 1 is 1.25 bits per heavy atom. The Morgan fingerprint density at radius 3 is 2.31 bits per heavy atom. The minimum atomic E-state index is -0.739. The van der Waals surface area contributed by atoms with Gasteiger partial charge in [-0.2, -0.15) is 0 Å². The monoisotopic (exact) mass is 249 g/mol. The Labute approximate surface area is 98.0 Å². The van der Waals surface area contributed by atoms with E-state index in [9.17, 15) is 14.4 Å². The molecule has 0 fully saturated rings. The molecule has 1 atom stereocenters. The van der Waals surface area contributed by atoms with Crippen molar-refractivity contribution in [3.05, 3.63) is 0 Å². The Kier molecular flexibility index (Phi) is 7.36. The van der Waals surface area contributed by atoms with Gasteiger partial charge in [-0.25, -0.2) is 4.79 Å². The molecule has 1 N–H and O–H groups in total. The number of carbonyl (C=O) groups excluding carboxylic acids is 3. The van der Waals surface area contributed by atoms with Gasteiger partial charge in [-0.15, -0.1) is 11.8 Å². The lowest BCUT2D eigenvalue weighted by molar-refractivity contribution is -0.144. The number of carbonyl (C=O) groups is 3. The molecule has 0 rings (SSSR count). The summed E-state index contributed by atoms with van der Waals surface area (Å²) in [7, 11) is 2.52. The van der Waals surface area contributed by atoms with Crippen LogP contribution in [0.15, 0.2) is 0 Å². The molecule has 0 unspecified atom stereocenters. The van der Waals surface area contributed by atoms with Gasteiger partial charge in [-0.1, -0.05) is 0 Å². The maximum absolute atomic E-state index is 11.2. The standard InChI is InChI=1S/C9H15NO5S/c1-6(11)10-7(9(13)15-3)4-16-5-8(12)14-2/h7H,4-5H2,1-3H3,(H,10,11)/t7-/m0/s1. The van der Waals surface area contributed by atoms with E-state index in [0.29, 0.717) is 0 Å². The first-order chi connectivity index (χ1) is 7.51. The van der Waals surface area contributed by atoms with Crippen molar-refractivity contribution in [1.82, 2.24) is 5.32 Å². The number of thioether (sulfide) groups is 1. The summed E-state index contributed by atoms with van der Waals surface area (Å²) < 4.78 is 8.95. The van der Waals surface area contributed by atoms with Crippen LogP contribution in [0.1, 0.15) is 6.92 Å². The quantitative estimate of drug-likeness (QED) is 0.643. The van der Waals surface area contributed by atoms with Gasteiger partial charge < -0.3 is 14.8 Å². The summed E-state index contributed by atoms with van der Waals surface area (Å²) in [5.74, 6) is -0.844. The molecular weight excluding hydrogens is 234 g/mol. The Bertz CT molecular complexity index is 269. The Morgan fingerprint density at radius 2 is 1.88 bits per heavy atom. The first-order valence-electron chi connectivity index (χ1n) is 4.50. The van der Waals surface area contributed by atoms with Crippen molar-refractivity contribution >= 4 is 29.6 Å². The van der Waals surface area contributed by atoms with E-state index < -0.39 is 12.0 Å². The largest absolute Gasteiger partial charge is 0.468 e. The summed E-state index contributed by atoms with van der Waals surface area (Å²) >= 11 is 1.19. The number of rotatable bonds is 6. The van der Waals surface area contributed by atoms with Gasteiger partial charge >= 0.3 is 11.9 Å². The van der Waals surface area contributed by atoms with E-state index in [4.69, 9.17) is 0 Å². The summed E-state index contributed by atoms with van der Waals surface area (Å²) in [6.07, 6.45) is 0. The first-order valence-corrected chi connectivity index (χ1v) is 5.66. The van der Waals surface area contributed by atoms with Gasteiger partial charge in [0.25, 0.3) is 0 Å². The normalized spacial score (nSPS) is 11.4. The van der Waals surface area contributed by atoms with Crippen LogP contribution in [0.2, 0.25) is 0 Å². The van der Waals surface area contributed by atoms with E-state index >= 15 is 0 Å². The summed E-state index contributed by atoms with van der Waals surface area (Å²) in [5, 5.41) is 2.44. The number of nitrogens with one attached hydrogen (secondary N) is 1. The van der Waals surface area contributed by atoms with Gasteiger partial charge in [0, 0.05) is 12.7 Å². The van der Waals surface area contributed by atoms with Crippen molar-refractivity contribution in [2.75, 3.05) is 25.7 Å². The number of ether oxygens (including phenoxy) is 2. The molecule has 16 heavy (non-hydrogen) atoms. The molecule has 0 saturated heterocycles. The molecule has 7 heteroatoms. The number of hydrogen-bond acceptors (Lipinski definition) is 6. The third kappa shape index (κ3) is 6.28. The van der Waals surface area contributed by atoms with Crippen LogP contribution < -0.4 is 5.32 Å². The van der Waals surface area contributed by atoms with Gasteiger partial charge in [-0.05, 0) is 0 Å². The van der Waals surface area contributed by atoms with Crippen LogP contribution in [0.3, 0.4) is 0 Å². The third-order valence-electron chi connectivity index (χ3n) is 1.60. The van der Waals surface area contributed by atoms with Crippen molar-refractivity contribution in [1.29, 1.82) is 0 Å². The SMILES string of the molecule is COC(=O)CSC[C@H](NC(C)=O)C(=O)OC. The molecular formula is C9H15NO5S. The highest BCUT2D eigenvalue weighted by Gasteiger charge is 2.20. The average Bonchev–Trinajstić information content (AvgIpc) is 2.25. The Hall–Kier alpha value is -1.24. The van der Waals surface area contributed by atoms with E-state index in [1.807, 2.05) is 0 Å². The van der Waals surface area contributed by atoms with Gasteiger partial charge in [0.1, 0.15) is 6.04 Å². The number of esters is 2. The van der Waals surface area contributed by atoms with E-state index in [0.717, 1.165) is 0 Å². The van der Waals surface area contributed by atoms with Gasteiger partial charge in [0.15, 0.2) is 0 Å². The first kappa shape index (κ1) is 14.8. The summed E-state index contributed by atoms with van der Waals surface area (Å²) in [5.41, 5.74) is 0. The molecule has 1 amide bonds. The zero-order chi connectivity index (χ0) is 12.6. The minimum absolute atomic E-state index is 0.129. The second-order valence-electron chi connectivity index (χ2n) is 2.87. The van der Waals surface area contributed by atoms with E-state index in [1.165, 1.54) is 32.9 Å². The fourth-order valence-electron chi connectivity index (χ4n) is 0.875. The second-order valence-corrected chi connectivity index (χ2v) is 3.90. The summed E-state index contributed by atoms with van der Waals surface area (Å²) in [4.78, 5) is 32.8. The summed E-state index contributed by atoms with van der Waals surface area (Å²) in [6, 6.07) is -0.739. The predicted molar refractivity (Wildman–Crippen MR) is 59.0 cm³/mol. The molecule has 6 nitrogen and oxygen atoms in total. The minimum Gasteiger partial charge on any atom is -0.468 e. The molecule has 0 radical (unpaired) electrons. The molecule has 0 aliphatic carbocycles. The van der Waals surface area contributed by atoms with Crippen LogP contribution in [-0.4, -0.2) is 49.6 Å². The fraction of sp³-hybridized carbons (Fsp3) is 0.667. The van der Waals surface area contributed by atoms with Gasteiger partial charge in [-0.3, -0.25) is 9.59 Å². The lowest BCUT2D eigenvalue weighted by Crippen LogP contribution is -2.42. The molecule has 0 aromatic heterocycles. The molecule has 0 aromatic rings. The van der Waals surface area contributed by atoms with Crippen LogP contribution >= 0.6 is 11.8 Å². The highest BCUT2D eigenvalue weighted by molar-refractivity contribution is 8.00. The second kappa shape index (κ2) is 7.98. The van der Waals surface area contributed by atoms with Crippen molar-refractivity contribution < 1.29 is 23.9 Å². The predicted octanol–water partition coefficient (Wildman–Crippen LogP) is -0.430. The molecule has 0 saturated carbocycles. The number of hydrogen-bond donors (Lipinski definition) is 1. The maximum Gasteiger partial charge on any atom is 0.329 e. The maximum atomic E-state index is 11.2. The highest BCUT2D eigenvalue weighted by Crippen LogP contribution is 2.05. The van der Waals surface area contributed by atoms with Gasteiger partial charge in [0.2, 0.25) is 5.91 Å². The molecule has 0 spiro atoms. The van der Waals surface area contributed by atoms with Crippen molar-refractivity contribution in [3.8, 4) is 0 Å². The fourth-order valence-corrected chi connectivity index (χ4v) is 1.73. The lowest BCUT2D eigenvalue weighted by Gasteiger charge is -2.14. The molecule has 0 aliphatic rings. The zero-order valence-corrected chi connectivity index (χ0v) is 10.3. The van der Waals surface area contributed by atoms with E-state index in [1.54, 1.807) is 0 Å². The van der Waals surface area contributed by atoms with E-state index in [2.05, 4.69) is 14.8 Å². The number of methoxy groups -OCH3 is 2. The molecule has 92 valence electrons. The van der Waals surface area contributed by atoms with Crippen LogP contribution in [0.4, 0.5) is 0 Å². The van der Waals surface area contributed by atoms with Crippen molar-refractivity contribution in [3.63, 3.8) is 0 Å². The van der Waals surface area contributed by atoms with E-state index in [-0.39, 0.29) is 23.4 Å². The number of amides is 1. The molecule has 0 aromatic carbocycles. The zero-order valence-electron chi connectivity index (χ0n) is 9.44. The van der Waals surface area contributed by atoms with Crippen LogP contribution in [0, 0.1) is 0 Å². The molecule has 0 aliphatic heterocycles. The van der Waals surface area contributed by atoms with Gasteiger partial charge in [0.05, 0.1) is 20.0 Å². The molecule has 0 bridgehead atoms. The third-order valence-corrected chi connectivity index (χ3v) is 2.60. The van der Waals surface area contributed by atoms with Crippen LogP contribution in [0.5, 0.6) is 0 Å². The van der Waals surface area contributed by atoms with Crippen LogP contribution in [0.25, 0.3) is 0 Å². The summed E-state index contributed by atoms with van der Waals surface area (Å²) in [6.45, 7) is 1.31. The Balaban J connectivity index is 4.06. The highest BCUT2D eigenvalue weighted by atomic mass is 32.2. The average molecular weight is 249 g/mol. The van der Waals surface area contributed by atoms with Crippen molar-refractivity contribution in [2.45, 2.75) is 13.0 Å². The smallest absolute Gasteiger partial charge is 0.329 e. The topological polar surface area (TPSA) is 81.7 Å². The van der Waals surface area contributed by atoms with Crippen LogP contribution in [-0.2, 0) is 23.9 Å². The molecule has 0 heterocycles. The lowest BCUT2D eigenvalue weighted by atomic mass is 10.3.